The van der Waals surface area contributed by atoms with Gasteiger partial charge in [0.05, 0.1) is 35.4 Å². The van der Waals surface area contributed by atoms with Crippen molar-refractivity contribution in [2.45, 2.75) is 24.9 Å². The number of nitrogens with zero attached hydrogens (tertiary/aromatic N) is 4. The molecular weight excluding hydrogens is 979 g/mol. The molecule has 11 nitrogen and oxygen atoms in total. The average Bonchev–Trinajstić information content (AvgIpc) is 3.38. The lowest BCUT2D eigenvalue weighted by Crippen LogP contribution is -2.52. The summed E-state index contributed by atoms with van der Waals surface area (Å²) < 4.78 is 106. The van der Waals surface area contributed by atoms with Gasteiger partial charge >= 0.3 is 12.4 Å². The number of phenolic OH excluding ortho intramolecular Hbond substituents is 3. The number of phenols is 3. The minimum Gasteiger partial charge on any atom is -0.508 e. The van der Waals surface area contributed by atoms with Gasteiger partial charge in [-0.25, -0.2) is 0 Å². The van der Waals surface area contributed by atoms with Gasteiger partial charge in [0.2, 0.25) is 0 Å². The first kappa shape index (κ1) is 49.6. The Morgan fingerprint density at radius 1 is 0.560 bits per heavy atom. The van der Waals surface area contributed by atoms with E-state index in [2.05, 4.69) is 19.8 Å². The summed E-state index contributed by atoms with van der Waals surface area (Å²) in [4.78, 5) is 13.6. The summed E-state index contributed by atoms with van der Waals surface area (Å²) in [5, 5.41) is 32.3. The molecule has 17 heteroatoms. The summed E-state index contributed by atoms with van der Waals surface area (Å²) in [6.07, 6.45) is -6.37. The SMILES string of the molecule is Oc1ccc2c(Cc3ccc(OCCN4CC(COCC5CN(CCOc6ccc(C7Oc8cc(C(F)(F)F)ccc8-c8cnc9cc(O)ccc9c87)cc6)C5)C4)cc3)c(-c3ccc(C(F)(F)F)cc3O)cnc2c1. The van der Waals surface area contributed by atoms with E-state index in [1.165, 1.54) is 30.5 Å². The molecule has 1 atom stereocenters. The number of pyridine rings is 2. The highest BCUT2D eigenvalue weighted by Gasteiger charge is 2.36. The molecule has 386 valence electrons. The maximum absolute atomic E-state index is 13.7. The van der Waals surface area contributed by atoms with Crippen LogP contribution in [0, 0.1) is 11.8 Å². The van der Waals surface area contributed by atoms with Crippen LogP contribution >= 0.6 is 0 Å². The Kier molecular flexibility index (Phi) is 13.4. The van der Waals surface area contributed by atoms with Crippen LogP contribution in [0.25, 0.3) is 44.1 Å². The van der Waals surface area contributed by atoms with Crippen LogP contribution in [0.4, 0.5) is 26.3 Å². The zero-order valence-corrected chi connectivity index (χ0v) is 40.2. The fraction of sp³-hybridized carbons (Fsp3) is 0.276. The number of likely N-dealkylation sites (tertiary alicyclic amines) is 2. The van der Waals surface area contributed by atoms with Crippen molar-refractivity contribution in [1.29, 1.82) is 0 Å². The molecule has 0 aliphatic carbocycles. The van der Waals surface area contributed by atoms with Gasteiger partial charge in [-0.15, -0.1) is 0 Å². The molecule has 3 aliphatic heterocycles. The Morgan fingerprint density at radius 2 is 1.09 bits per heavy atom. The lowest BCUT2D eigenvalue weighted by atomic mass is 9.87. The summed E-state index contributed by atoms with van der Waals surface area (Å²) in [7, 11) is 0. The molecule has 2 aromatic heterocycles. The van der Waals surface area contributed by atoms with Crippen molar-refractivity contribution in [2.24, 2.45) is 11.8 Å². The van der Waals surface area contributed by atoms with Crippen LogP contribution in [0.1, 0.15) is 39.5 Å². The van der Waals surface area contributed by atoms with E-state index in [0.717, 1.165) is 85.1 Å². The lowest BCUT2D eigenvalue weighted by Gasteiger charge is -2.41. The van der Waals surface area contributed by atoms with Crippen LogP contribution in [-0.2, 0) is 23.5 Å². The fourth-order valence-corrected chi connectivity index (χ4v) is 10.3. The van der Waals surface area contributed by atoms with E-state index in [0.29, 0.717) is 95.4 Å². The van der Waals surface area contributed by atoms with E-state index in [1.807, 2.05) is 48.5 Å². The monoisotopic (exact) mass is 1030 g/mol. The highest BCUT2D eigenvalue weighted by molar-refractivity contribution is 5.93. The number of hydrogen-bond donors (Lipinski definition) is 3. The maximum atomic E-state index is 13.7. The molecule has 75 heavy (non-hydrogen) atoms. The molecule has 3 N–H and O–H groups in total. The topological polar surface area (TPSA) is 130 Å². The van der Waals surface area contributed by atoms with E-state index in [-0.39, 0.29) is 22.8 Å². The van der Waals surface area contributed by atoms with E-state index in [1.54, 1.807) is 30.5 Å². The van der Waals surface area contributed by atoms with E-state index < -0.39 is 35.3 Å². The number of fused-ring (bicyclic) bond motifs is 6. The van der Waals surface area contributed by atoms with Crippen molar-refractivity contribution < 1.29 is 60.6 Å². The van der Waals surface area contributed by atoms with Crippen molar-refractivity contribution in [3.05, 3.63) is 167 Å². The zero-order valence-electron chi connectivity index (χ0n) is 40.2. The van der Waals surface area contributed by atoms with Gasteiger partial charge in [0, 0.05) is 114 Å². The predicted molar refractivity (Wildman–Crippen MR) is 269 cm³/mol. The first-order valence-corrected chi connectivity index (χ1v) is 24.6. The molecule has 1 unspecified atom stereocenters. The van der Waals surface area contributed by atoms with Gasteiger partial charge < -0.3 is 34.3 Å². The van der Waals surface area contributed by atoms with E-state index in [4.69, 9.17) is 18.9 Å². The van der Waals surface area contributed by atoms with Gasteiger partial charge in [-0.1, -0.05) is 24.3 Å². The lowest BCUT2D eigenvalue weighted by molar-refractivity contribution is -0.138. The summed E-state index contributed by atoms with van der Waals surface area (Å²) >= 11 is 0. The predicted octanol–water partition coefficient (Wildman–Crippen LogP) is 11.7. The zero-order chi connectivity index (χ0) is 52.0. The third-order valence-electron chi connectivity index (χ3n) is 14.2. The Balaban J connectivity index is 0.596. The summed E-state index contributed by atoms with van der Waals surface area (Å²) in [6.45, 7) is 7.65. The minimum atomic E-state index is -4.60. The van der Waals surface area contributed by atoms with Crippen molar-refractivity contribution in [1.82, 2.24) is 19.8 Å². The molecule has 2 saturated heterocycles. The van der Waals surface area contributed by atoms with E-state index in [9.17, 15) is 41.7 Å². The van der Waals surface area contributed by atoms with Crippen LogP contribution in [0.3, 0.4) is 0 Å². The van der Waals surface area contributed by atoms with E-state index >= 15 is 0 Å². The molecular formula is C58H50F6N4O7. The Labute approximate surface area is 427 Å². The fourth-order valence-electron chi connectivity index (χ4n) is 10.3. The highest BCUT2D eigenvalue weighted by Crippen LogP contribution is 2.49. The van der Waals surface area contributed by atoms with Crippen LogP contribution in [0.15, 0.2) is 134 Å². The molecule has 6 aromatic carbocycles. The second-order valence-corrected chi connectivity index (χ2v) is 19.5. The molecule has 8 aromatic rings. The minimum absolute atomic E-state index is 0.0314. The first-order valence-electron chi connectivity index (χ1n) is 24.6. The Hall–Kier alpha value is -7.60. The Bertz CT molecular complexity index is 3380. The molecule has 3 aliphatic rings. The van der Waals surface area contributed by atoms with Crippen molar-refractivity contribution in [3.8, 4) is 56.8 Å². The van der Waals surface area contributed by atoms with Crippen LogP contribution in [0.5, 0.6) is 34.5 Å². The second kappa shape index (κ2) is 20.3. The Morgan fingerprint density at radius 3 is 1.68 bits per heavy atom. The summed E-state index contributed by atoms with van der Waals surface area (Å²) in [5.74, 6) is 1.98. The molecule has 0 saturated carbocycles. The average molecular weight is 1030 g/mol. The largest absolute Gasteiger partial charge is 0.508 e. The number of rotatable bonds is 16. The summed E-state index contributed by atoms with van der Waals surface area (Å²) in [5.41, 5.74) is 4.31. The first-order chi connectivity index (χ1) is 36.1. The van der Waals surface area contributed by atoms with Gasteiger partial charge in [0.25, 0.3) is 0 Å². The quantitative estimate of drug-likeness (QED) is 0.0800. The number of benzene rings is 6. The number of halogens is 6. The van der Waals surface area contributed by atoms with Crippen molar-refractivity contribution in [2.75, 3.05) is 65.7 Å². The number of ether oxygens (including phenoxy) is 4. The highest BCUT2D eigenvalue weighted by atomic mass is 19.4. The van der Waals surface area contributed by atoms with Crippen LogP contribution < -0.4 is 14.2 Å². The number of hydrogen-bond acceptors (Lipinski definition) is 11. The molecule has 0 radical (unpaired) electrons. The smallest absolute Gasteiger partial charge is 0.416 e. The molecule has 0 spiro atoms. The molecule has 5 heterocycles. The van der Waals surface area contributed by atoms with Gasteiger partial charge in [0.1, 0.15) is 47.7 Å². The van der Waals surface area contributed by atoms with Crippen molar-refractivity contribution >= 4 is 21.8 Å². The molecule has 2 fully saturated rings. The van der Waals surface area contributed by atoms with Gasteiger partial charge in [0.15, 0.2) is 6.10 Å². The third-order valence-corrected chi connectivity index (χ3v) is 14.2. The normalized spacial score (nSPS) is 16.3. The second-order valence-electron chi connectivity index (χ2n) is 19.5. The van der Waals surface area contributed by atoms with Gasteiger partial charge in [-0.3, -0.25) is 19.8 Å². The number of alkyl halides is 6. The number of aromatic hydroxyl groups is 3. The van der Waals surface area contributed by atoms with Crippen LogP contribution in [0.2, 0.25) is 0 Å². The van der Waals surface area contributed by atoms with Crippen LogP contribution in [-0.4, -0.2) is 101 Å². The third kappa shape index (κ3) is 10.7. The number of aromatic nitrogens is 2. The van der Waals surface area contributed by atoms with Gasteiger partial charge in [-0.2, -0.15) is 26.3 Å². The van der Waals surface area contributed by atoms with Crippen molar-refractivity contribution in [3.63, 3.8) is 0 Å². The standard InChI is InChI=1S/C58H50F6N4O7/c59-57(60,61)38-5-13-45(53(71)22-38)49-26-65-51-24-40(69)7-15-44(51)48(49)21-34-1-9-42(10-2-34)73-19-17-67-28-35(29-67)32-72-33-36-30-68(31-36)18-20-74-43-11-3-37(4-12-43)56-55-47-16-8-41(70)25-52(47)66-27-50(55)46-14-6-39(58(62,63)64)23-54(46)75-56/h1-16,22-27,35-36,56,69-71H,17-21,28-33H2. The maximum Gasteiger partial charge on any atom is 0.416 e. The summed E-state index contributed by atoms with van der Waals surface area (Å²) in [6, 6.07) is 31.0. The van der Waals surface area contributed by atoms with Gasteiger partial charge in [-0.05, 0) is 108 Å². The molecule has 11 rings (SSSR count). The molecule has 0 bridgehead atoms. The molecule has 0 amide bonds.